The molecular formula is C22H26ClNO5S. The molecule has 0 aliphatic rings. The molecule has 0 aliphatic heterocycles. The summed E-state index contributed by atoms with van der Waals surface area (Å²) in [6, 6.07) is 11.0. The molecule has 0 saturated carbocycles. The van der Waals surface area contributed by atoms with Gasteiger partial charge >= 0.3 is 5.97 Å². The molecule has 0 aromatic heterocycles. The van der Waals surface area contributed by atoms with Gasteiger partial charge in [0.25, 0.3) is 0 Å². The average Bonchev–Trinajstić information content (AvgIpc) is 2.73. The first-order chi connectivity index (χ1) is 14.1. The smallest absolute Gasteiger partial charge is 0.338 e. The number of aryl methyl sites for hydroxylation is 1. The zero-order valence-corrected chi connectivity index (χ0v) is 19.1. The first kappa shape index (κ1) is 24.1. The lowest BCUT2D eigenvalue weighted by atomic mass is 10.0. The van der Waals surface area contributed by atoms with E-state index in [2.05, 4.69) is 0 Å². The SMILES string of the molecule is CCc1ccc(C(=O)C(C)OC(=O)c2ccc(Cl)c(S(=O)(=O)N(CC)CC)c2)cc1. The lowest BCUT2D eigenvalue weighted by Crippen LogP contribution is -2.31. The number of sulfonamides is 1. The third kappa shape index (κ3) is 5.28. The van der Waals surface area contributed by atoms with Crippen LogP contribution in [0.4, 0.5) is 0 Å². The molecule has 0 radical (unpaired) electrons. The molecule has 1 atom stereocenters. The topological polar surface area (TPSA) is 80.8 Å². The van der Waals surface area contributed by atoms with Crippen molar-refractivity contribution in [1.29, 1.82) is 0 Å². The molecule has 0 bridgehead atoms. The number of ketones is 1. The van der Waals surface area contributed by atoms with Gasteiger partial charge in [-0.25, -0.2) is 13.2 Å². The van der Waals surface area contributed by atoms with Crippen molar-refractivity contribution < 1.29 is 22.7 Å². The Hall–Kier alpha value is -2.22. The van der Waals surface area contributed by atoms with E-state index in [-0.39, 0.29) is 34.4 Å². The average molecular weight is 452 g/mol. The second-order valence-corrected chi connectivity index (χ2v) is 9.01. The van der Waals surface area contributed by atoms with E-state index in [0.717, 1.165) is 12.0 Å². The second kappa shape index (κ2) is 10.2. The molecule has 0 aliphatic carbocycles. The first-order valence-electron chi connectivity index (χ1n) is 9.79. The summed E-state index contributed by atoms with van der Waals surface area (Å²) in [5, 5.41) is 0.0126. The van der Waals surface area contributed by atoms with Gasteiger partial charge in [-0.1, -0.05) is 56.6 Å². The van der Waals surface area contributed by atoms with Crippen molar-refractivity contribution in [2.45, 2.75) is 45.1 Å². The Balaban J connectivity index is 2.23. The zero-order valence-electron chi connectivity index (χ0n) is 17.5. The van der Waals surface area contributed by atoms with Gasteiger partial charge in [-0.2, -0.15) is 4.31 Å². The van der Waals surface area contributed by atoms with Crippen LogP contribution in [0.5, 0.6) is 0 Å². The van der Waals surface area contributed by atoms with Crippen molar-refractivity contribution >= 4 is 33.4 Å². The number of hydrogen-bond donors (Lipinski definition) is 0. The summed E-state index contributed by atoms with van der Waals surface area (Å²) >= 11 is 6.09. The Labute approximate surface area is 182 Å². The first-order valence-corrected chi connectivity index (χ1v) is 11.6. The van der Waals surface area contributed by atoms with E-state index >= 15 is 0 Å². The van der Waals surface area contributed by atoms with Crippen molar-refractivity contribution in [1.82, 2.24) is 4.31 Å². The van der Waals surface area contributed by atoms with Gasteiger partial charge in [0.15, 0.2) is 6.10 Å². The summed E-state index contributed by atoms with van der Waals surface area (Å²) < 4.78 is 32.1. The summed E-state index contributed by atoms with van der Waals surface area (Å²) in [6.45, 7) is 7.47. The van der Waals surface area contributed by atoms with Crippen LogP contribution in [-0.4, -0.2) is 43.7 Å². The highest BCUT2D eigenvalue weighted by Gasteiger charge is 2.27. The minimum absolute atomic E-state index is 0.00566. The largest absolute Gasteiger partial charge is 0.451 e. The van der Waals surface area contributed by atoms with Crippen LogP contribution in [0.3, 0.4) is 0 Å². The van der Waals surface area contributed by atoms with Crippen LogP contribution >= 0.6 is 11.6 Å². The zero-order chi connectivity index (χ0) is 22.5. The van der Waals surface area contributed by atoms with Crippen LogP contribution in [0.25, 0.3) is 0 Å². The van der Waals surface area contributed by atoms with Crippen LogP contribution in [0.15, 0.2) is 47.4 Å². The van der Waals surface area contributed by atoms with Crippen molar-refractivity contribution in [2.75, 3.05) is 13.1 Å². The highest BCUT2D eigenvalue weighted by Crippen LogP contribution is 2.26. The number of hydrogen-bond acceptors (Lipinski definition) is 5. The van der Waals surface area contributed by atoms with Gasteiger partial charge < -0.3 is 4.74 Å². The monoisotopic (exact) mass is 451 g/mol. The highest BCUT2D eigenvalue weighted by atomic mass is 35.5. The summed E-state index contributed by atoms with van der Waals surface area (Å²) in [5.74, 6) is -1.13. The van der Waals surface area contributed by atoms with Gasteiger partial charge in [0, 0.05) is 18.7 Å². The molecular weight excluding hydrogens is 426 g/mol. The van der Waals surface area contributed by atoms with Gasteiger partial charge in [0.1, 0.15) is 4.90 Å². The van der Waals surface area contributed by atoms with Crippen LogP contribution in [0.2, 0.25) is 5.02 Å². The number of halogens is 1. The van der Waals surface area contributed by atoms with Crippen molar-refractivity contribution in [3.05, 3.63) is 64.2 Å². The molecule has 2 rings (SSSR count). The van der Waals surface area contributed by atoms with Crippen LogP contribution < -0.4 is 0 Å². The summed E-state index contributed by atoms with van der Waals surface area (Å²) in [7, 11) is -3.86. The van der Waals surface area contributed by atoms with E-state index in [0.29, 0.717) is 5.56 Å². The Morgan fingerprint density at radius 3 is 2.10 bits per heavy atom. The molecule has 0 amide bonds. The lowest BCUT2D eigenvalue weighted by molar-refractivity contribution is 0.0318. The van der Waals surface area contributed by atoms with Crippen molar-refractivity contribution in [2.24, 2.45) is 0 Å². The van der Waals surface area contributed by atoms with Crippen molar-refractivity contribution in [3.8, 4) is 0 Å². The van der Waals surface area contributed by atoms with Gasteiger partial charge in [0.2, 0.25) is 15.8 Å². The quantitative estimate of drug-likeness (QED) is 0.418. The van der Waals surface area contributed by atoms with E-state index in [1.54, 1.807) is 26.0 Å². The standard InChI is InChI=1S/C22H26ClNO5S/c1-5-16-8-10-17(11-9-16)21(25)15(4)29-22(26)18-12-13-19(23)20(14-18)30(27,28)24(6-2)7-3/h8-15H,5-7H2,1-4H3. The van der Waals surface area contributed by atoms with E-state index in [1.165, 1.54) is 29.4 Å². The van der Waals surface area contributed by atoms with Crippen LogP contribution in [0, 0.1) is 0 Å². The van der Waals surface area contributed by atoms with Gasteiger partial charge in [-0.05, 0) is 37.1 Å². The Morgan fingerprint density at radius 2 is 1.57 bits per heavy atom. The maximum atomic E-state index is 12.8. The predicted octanol–water partition coefficient (Wildman–Crippen LogP) is 4.36. The number of esters is 1. The predicted molar refractivity (Wildman–Crippen MR) is 117 cm³/mol. The number of carbonyl (C=O) groups is 2. The summed E-state index contributed by atoms with van der Waals surface area (Å²) in [5.41, 5.74) is 1.54. The summed E-state index contributed by atoms with van der Waals surface area (Å²) in [6.07, 6.45) is -0.169. The number of benzene rings is 2. The Kier molecular flexibility index (Phi) is 8.18. The minimum Gasteiger partial charge on any atom is -0.451 e. The number of rotatable bonds is 9. The molecule has 162 valence electrons. The van der Waals surface area contributed by atoms with Gasteiger partial charge in [0.05, 0.1) is 10.6 Å². The fraction of sp³-hybridized carbons (Fsp3) is 0.364. The molecule has 0 heterocycles. The third-order valence-corrected chi connectivity index (χ3v) is 7.32. The van der Waals surface area contributed by atoms with E-state index in [4.69, 9.17) is 16.3 Å². The summed E-state index contributed by atoms with van der Waals surface area (Å²) in [4.78, 5) is 25.0. The molecule has 2 aromatic carbocycles. The fourth-order valence-corrected chi connectivity index (χ4v) is 4.91. The lowest BCUT2D eigenvalue weighted by Gasteiger charge is -2.19. The van der Waals surface area contributed by atoms with Gasteiger partial charge in [-0.15, -0.1) is 0 Å². The molecule has 30 heavy (non-hydrogen) atoms. The normalized spacial score (nSPS) is 12.6. The Morgan fingerprint density at radius 1 is 1.00 bits per heavy atom. The number of ether oxygens (including phenoxy) is 1. The minimum atomic E-state index is -3.86. The molecule has 1 unspecified atom stereocenters. The molecule has 2 aromatic rings. The fourth-order valence-electron chi connectivity index (χ4n) is 2.95. The van der Waals surface area contributed by atoms with E-state index in [1.807, 2.05) is 19.1 Å². The molecule has 0 N–H and O–H groups in total. The maximum absolute atomic E-state index is 12.8. The molecule has 6 nitrogen and oxygen atoms in total. The van der Waals surface area contributed by atoms with Crippen LogP contribution in [0.1, 0.15) is 54.0 Å². The molecule has 0 saturated heterocycles. The highest BCUT2D eigenvalue weighted by molar-refractivity contribution is 7.89. The Bertz CT molecular complexity index is 1010. The van der Waals surface area contributed by atoms with Crippen molar-refractivity contribution in [3.63, 3.8) is 0 Å². The van der Waals surface area contributed by atoms with Gasteiger partial charge in [-0.3, -0.25) is 4.79 Å². The van der Waals surface area contributed by atoms with E-state index in [9.17, 15) is 18.0 Å². The molecule has 0 spiro atoms. The molecule has 8 heteroatoms. The number of carbonyl (C=O) groups excluding carboxylic acids is 2. The molecule has 0 fully saturated rings. The third-order valence-electron chi connectivity index (χ3n) is 4.79. The maximum Gasteiger partial charge on any atom is 0.338 e. The number of nitrogens with zero attached hydrogens (tertiary/aromatic N) is 1. The van der Waals surface area contributed by atoms with Crippen LogP contribution in [-0.2, 0) is 21.2 Å². The number of Topliss-reactive ketones (excluding diaryl/α,β-unsaturated/α-hetero) is 1. The second-order valence-electron chi connectivity index (χ2n) is 6.70. The van der Waals surface area contributed by atoms with E-state index < -0.39 is 22.1 Å².